The molecular formula is C14H18FN3O3. The molecule has 114 valence electrons. The molecule has 3 rings (SSSR count). The van der Waals surface area contributed by atoms with Crippen LogP contribution >= 0.6 is 0 Å². The Morgan fingerprint density at radius 2 is 2.48 bits per heavy atom. The van der Waals surface area contributed by atoms with Gasteiger partial charge in [-0.1, -0.05) is 0 Å². The van der Waals surface area contributed by atoms with E-state index >= 15 is 0 Å². The van der Waals surface area contributed by atoms with Gasteiger partial charge in [0.25, 0.3) is 0 Å². The number of aromatic nitrogens is 1. The Morgan fingerprint density at radius 1 is 1.62 bits per heavy atom. The average molecular weight is 295 g/mol. The lowest BCUT2D eigenvalue weighted by atomic mass is 10.2. The van der Waals surface area contributed by atoms with E-state index in [1.54, 1.807) is 0 Å². The van der Waals surface area contributed by atoms with Gasteiger partial charge in [-0.25, -0.2) is 14.2 Å². The molecule has 0 aliphatic carbocycles. The van der Waals surface area contributed by atoms with Gasteiger partial charge in [0, 0.05) is 25.3 Å². The summed E-state index contributed by atoms with van der Waals surface area (Å²) >= 11 is 0. The van der Waals surface area contributed by atoms with Gasteiger partial charge in [0.1, 0.15) is 5.56 Å². The van der Waals surface area contributed by atoms with Crippen LogP contribution in [0.25, 0.3) is 0 Å². The fraction of sp³-hybridized carbons (Fsp3) is 0.571. The molecule has 21 heavy (non-hydrogen) atoms. The molecule has 0 amide bonds. The summed E-state index contributed by atoms with van der Waals surface area (Å²) in [6, 6.07) is 1.67. The lowest BCUT2D eigenvalue weighted by Gasteiger charge is -2.35. The molecule has 0 radical (unpaired) electrons. The standard InChI is InChI=1S/C14H18FN3O3/c15-12-11(14(19)20)3-4-16-13(12)17-6-10-7-18-5-1-2-9(18)8-21-10/h3-4,9-10H,1-2,5-8H2,(H,16,17)(H,19,20). The van der Waals surface area contributed by atoms with Crippen LogP contribution in [0.2, 0.25) is 0 Å². The third-order valence-electron chi connectivity index (χ3n) is 4.08. The highest BCUT2D eigenvalue weighted by Gasteiger charge is 2.32. The number of carboxylic acids is 1. The van der Waals surface area contributed by atoms with E-state index in [-0.39, 0.29) is 17.5 Å². The topological polar surface area (TPSA) is 74.7 Å². The molecule has 2 atom stereocenters. The normalized spacial score (nSPS) is 25.6. The van der Waals surface area contributed by atoms with Gasteiger partial charge in [-0.3, -0.25) is 4.90 Å². The Bertz CT molecular complexity index is 540. The van der Waals surface area contributed by atoms with Crippen molar-refractivity contribution >= 4 is 11.8 Å². The molecule has 1 aromatic heterocycles. The number of nitrogens with one attached hydrogen (secondary N) is 1. The fourth-order valence-electron chi connectivity index (χ4n) is 2.95. The largest absolute Gasteiger partial charge is 0.478 e. The van der Waals surface area contributed by atoms with E-state index in [4.69, 9.17) is 9.84 Å². The molecule has 6 nitrogen and oxygen atoms in total. The van der Waals surface area contributed by atoms with Crippen LogP contribution in [0.15, 0.2) is 12.3 Å². The van der Waals surface area contributed by atoms with Crippen LogP contribution in [0.4, 0.5) is 10.2 Å². The molecule has 3 heterocycles. The summed E-state index contributed by atoms with van der Waals surface area (Å²) < 4.78 is 19.7. The van der Waals surface area contributed by atoms with Crippen molar-refractivity contribution in [3.63, 3.8) is 0 Å². The maximum absolute atomic E-state index is 13.9. The van der Waals surface area contributed by atoms with Gasteiger partial charge in [-0.05, 0) is 25.5 Å². The van der Waals surface area contributed by atoms with Gasteiger partial charge in [-0.2, -0.15) is 0 Å². The quantitative estimate of drug-likeness (QED) is 0.869. The van der Waals surface area contributed by atoms with E-state index in [0.717, 1.165) is 19.2 Å². The van der Waals surface area contributed by atoms with E-state index in [2.05, 4.69) is 15.2 Å². The second-order valence-electron chi connectivity index (χ2n) is 5.45. The van der Waals surface area contributed by atoms with Gasteiger partial charge in [0.05, 0.1) is 12.7 Å². The molecule has 0 aromatic carbocycles. The minimum absolute atomic E-state index is 0.0333. The number of pyridine rings is 1. The second kappa shape index (κ2) is 5.95. The predicted molar refractivity (Wildman–Crippen MR) is 74.0 cm³/mol. The number of anilines is 1. The van der Waals surface area contributed by atoms with Crippen molar-refractivity contribution < 1.29 is 19.0 Å². The van der Waals surface area contributed by atoms with Crippen LogP contribution in [0, 0.1) is 5.82 Å². The van der Waals surface area contributed by atoms with Crippen LogP contribution in [0.3, 0.4) is 0 Å². The van der Waals surface area contributed by atoms with Gasteiger partial charge in [-0.15, -0.1) is 0 Å². The van der Waals surface area contributed by atoms with Crippen molar-refractivity contribution in [2.24, 2.45) is 0 Å². The third kappa shape index (κ3) is 2.98. The van der Waals surface area contributed by atoms with Crippen LogP contribution in [0.1, 0.15) is 23.2 Å². The maximum atomic E-state index is 13.9. The predicted octanol–water partition coefficient (Wildman–Crippen LogP) is 1.19. The number of carboxylic acid groups (broad SMARTS) is 1. The highest BCUT2D eigenvalue weighted by molar-refractivity contribution is 5.88. The first kappa shape index (κ1) is 14.2. The molecule has 1 aromatic rings. The number of ether oxygens (including phenoxy) is 1. The summed E-state index contributed by atoms with van der Waals surface area (Å²) in [5.41, 5.74) is -0.378. The fourth-order valence-corrected chi connectivity index (χ4v) is 2.95. The number of rotatable bonds is 4. The number of aromatic carboxylic acids is 1. The van der Waals surface area contributed by atoms with Crippen molar-refractivity contribution in [1.82, 2.24) is 9.88 Å². The molecular weight excluding hydrogens is 277 g/mol. The van der Waals surface area contributed by atoms with Gasteiger partial charge in [0.2, 0.25) is 0 Å². The SMILES string of the molecule is O=C(O)c1ccnc(NCC2CN3CCCC3CO2)c1F. The molecule has 2 aliphatic heterocycles. The number of halogens is 1. The molecule has 0 spiro atoms. The number of hydrogen-bond acceptors (Lipinski definition) is 5. The molecule has 0 saturated carbocycles. The Kier molecular flexibility index (Phi) is 4.03. The Balaban J connectivity index is 1.60. The molecule has 0 bridgehead atoms. The monoisotopic (exact) mass is 295 g/mol. The van der Waals surface area contributed by atoms with E-state index in [9.17, 15) is 9.18 Å². The lowest BCUT2D eigenvalue weighted by molar-refractivity contribution is -0.0416. The molecule has 2 fully saturated rings. The minimum Gasteiger partial charge on any atom is -0.478 e. The Labute approximate surface area is 121 Å². The van der Waals surface area contributed by atoms with Crippen molar-refractivity contribution in [1.29, 1.82) is 0 Å². The first-order chi connectivity index (χ1) is 10.1. The summed E-state index contributed by atoms with van der Waals surface area (Å²) in [5, 5.41) is 11.7. The number of nitrogens with zero attached hydrogens (tertiary/aromatic N) is 2. The average Bonchev–Trinajstić information content (AvgIpc) is 2.93. The minimum atomic E-state index is -1.30. The summed E-state index contributed by atoms with van der Waals surface area (Å²) in [6.45, 7) is 3.02. The molecule has 2 saturated heterocycles. The summed E-state index contributed by atoms with van der Waals surface area (Å²) in [5.74, 6) is -2.17. The summed E-state index contributed by atoms with van der Waals surface area (Å²) in [6.07, 6.45) is 3.63. The number of hydrogen-bond donors (Lipinski definition) is 2. The first-order valence-electron chi connectivity index (χ1n) is 7.12. The third-order valence-corrected chi connectivity index (χ3v) is 4.08. The highest BCUT2D eigenvalue weighted by atomic mass is 19.1. The van der Waals surface area contributed by atoms with Crippen LogP contribution in [-0.4, -0.2) is 59.3 Å². The van der Waals surface area contributed by atoms with E-state index in [1.807, 2.05) is 0 Å². The number of carbonyl (C=O) groups is 1. The summed E-state index contributed by atoms with van der Waals surface area (Å²) in [4.78, 5) is 17.1. The highest BCUT2D eigenvalue weighted by Crippen LogP contribution is 2.23. The zero-order chi connectivity index (χ0) is 14.8. The van der Waals surface area contributed by atoms with E-state index in [1.165, 1.54) is 19.0 Å². The number of morpholine rings is 1. The second-order valence-corrected chi connectivity index (χ2v) is 5.45. The molecule has 2 aliphatic rings. The van der Waals surface area contributed by atoms with Gasteiger partial charge < -0.3 is 15.2 Å². The van der Waals surface area contributed by atoms with E-state index in [0.29, 0.717) is 19.2 Å². The van der Waals surface area contributed by atoms with Gasteiger partial charge >= 0.3 is 5.97 Å². The van der Waals surface area contributed by atoms with Crippen molar-refractivity contribution in [2.45, 2.75) is 25.0 Å². The maximum Gasteiger partial charge on any atom is 0.338 e. The lowest BCUT2D eigenvalue weighted by Crippen LogP contribution is -2.48. The van der Waals surface area contributed by atoms with Crippen molar-refractivity contribution in [2.75, 3.05) is 31.6 Å². The van der Waals surface area contributed by atoms with Gasteiger partial charge in [0.15, 0.2) is 11.6 Å². The van der Waals surface area contributed by atoms with Crippen molar-refractivity contribution in [3.05, 3.63) is 23.6 Å². The van der Waals surface area contributed by atoms with Crippen LogP contribution < -0.4 is 5.32 Å². The Hall–Kier alpha value is -1.73. The van der Waals surface area contributed by atoms with E-state index < -0.39 is 11.8 Å². The van der Waals surface area contributed by atoms with Crippen LogP contribution in [-0.2, 0) is 4.74 Å². The van der Waals surface area contributed by atoms with Crippen molar-refractivity contribution in [3.8, 4) is 0 Å². The van der Waals surface area contributed by atoms with Crippen LogP contribution in [0.5, 0.6) is 0 Å². The first-order valence-corrected chi connectivity index (χ1v) is 7.12. The Morgan fingerprint density at radius 3 is 3.29 bits per heavy atom. The zero-order valence-corrected chi connectivity index (χ0v) is 11.6. The molecule has 7 heteroatoms. The molecule has 2 unspecified atom stereocenters. The summed E-state index contributed by atoms with van der Waals surface area (Å²) in [7, 11) is 0. The molecule has 2 N–H and O–H groups in total. The zero-order valence-electron chi connectivity index (χ0n) is 11.6. The smallest absolute Gasteiger partial charge is 0.338 e. The number of fused-ring (bicyclic) bond motifs is 1.